The third-order valence-electron chi connectivity index (χ3n) is 5.13. The van der Waals surface area contributed by atoms with Crippen molar-refractivity contribution in [3.8, 4) is 0 Å². The van der Waals surface area contributed by atoms with Crippen LogP contribution in [0.15, 0.2) is 53.4 Å². The largest absolute Gasteiger partial charge is 0.383 e. The van der Waals surface area contributed by atoms with E-state index in [4.69, 9.17) is 10.5 Å². The summed E-state index contributed by atoms with van der Waals surface area (Å²) in [7, 11) is -1.98. The molecule has 3 atom stereocenters. The van der Waals surface area contributed by atoms with Crippen LogP contribution in [0.2, 0.25) is 0 Å². The standard InChI is InChI=1S/C20H25NO3S/c1-4-15-7-9-16(10-8-15)18-19(20(18,21)13-24-3)25(22,23)17-11-5-14(2)6-12-17/h5-12,18-19H,4,13,21H2,1-3H3/t18-,19-,20+/m0/s1. The minimum atomic E-state index is -3.53. The summed E-state index contributed by atoms with van der Waals surface area (Å²) in [5.74, 6) is -0.260. The van der Waals surface area contributed by atoms with Crippen LogP contribution in [0.25, 0.3) is 0 Å². The molecule has 0 saturated heterocycles. The zero-order valence-corrected chi connectivity index (χ0v) is 15.7. The van der Waals surface area contributed by atoms with Gasteiger partial charge in [-0.25, -0.2) is 8.42 Å². The first-order valence-electron chi connectivity index (χ1n) is 8.52. The van der Waals surface area contributed by atoms with Crippen molar-refractivity contribution >= 4 is 9.84 Å². The number of hydrogen-bond donors (Lipinski definition) is 1. The van der Waals surface area contributed by atoms with E-state index in [0.29, 0.717) is 4.90 Å². The van der Waals surface area contributed by atoms with Gasteiger partial charge in [-0.1, -0.05) is 48.9 Å². The number of ether oxygens (including phenoxy) is 1. The summed E-state index contributed by atoms with van der Waals surface area (Å²) in [5.41, 5.74) is 8.80. The van der Waals surface area contributed by atoms with Crippen molar-refractivity contribution in [3.05, 3.63) is 65.2 Å². The van der Waals surface area contributed by atoms with Crippen molar-refractivity contribution in [1.29, 1.82) is 0 Å². The molecule has 1 aliphatic carbocycles. The monoisotopic (exact) mass is 359 g/mol. The molecule has 25 heavy (non-hydrogen) atoms. The number of benzene rings is 2. The van der Waals surface area contributed by atoms with E-state index >= 15 is 0 Å². The highest BCUT2D eigenvalue weighted by Crippen LogP contribution is 2.55. The fourth-order valence-corrected chi connectivity index (χ4v) is 5.92. The highest BCUT2D eigenvalue weighted by molar-refractivity contribution is 7.92. The molecular formula is C20H25NO3S. The second-order valence-corrected chi connectivity index (χ2v) is 8.97. The van der Waals surface area contributed by atoms with Crippen LogP contribution in [-0.2, 0) is 21.0 Å². The van der Waals surface area contributed by atoms with Crippen molar-refractivity contribution in [1.82, 2.24) is 0 Å². The molecule has 2 aromatic rings. The molecule has 5 heteroatoms. The summed E-state index contributed by atoms with van der Waals surface area (Å²) < 4.78 is 31.6. The van der Waals surface area contributed by atoms with Gasteiger partial charge in [0, 0.05) is 13.0 Å². The molecule has 4 nitrogen and oxygen atoms in total. The van der Waals surface area contributed by atoms with Crippen LogP contribution in [0.5, 0.6) is 0 Å². The van der Waals surface area contributed by atoms with Gasteiger partial charge in [-0.3, -0.25) is 0 Å². The van der Waals surface area contributed by atoms with Gasteiger partial charge in [0.15, 0.2) is 9.84 Å². The molecule has 1 saturated carbocycles. The van der Waals surface area contributed by atoms with Gasteiger partial charge in [0.1, 0.15) is 0 Å². The number of hydrogen-bond acceptors (Lipinski definition) is 4. The smallest absolute Gasteiger partial charge is 0.183 e. The minimum absolute atomic E-state index is 0.211. The summed E-state index contributed by atoms with van der Waals surface area (Å²) >= 11 is 0. The summed E-state index contributed by atoms with van der Waals surface area (Å²) in [5, 5.41) is -0.671. The van der Waals surface area contributed by atoms with Crippen LogP contribution in [0.3, 0.4) is 0 Å². The second kappa shape index (κ2) is 6.56. The SMILES string of the molecule is CCc1ccc([C@H]2[C@H](S(=O)(=O)c3ccc(C)cc3)[C@@]2(N)COC)cc1. The molecule has 0 heterocycles. The van der Waals surface area contributed by atoms with E-state index in [1.54, 1.807) is 19.2 Å². The first kappa shape index (κ1) is 18.1. The fraction of sp³-hybridized carbons (Fsp3) is 0.400. The molecule has 0 aromatic heterocycles. The Balaban J connectivity index is 1.99. The predicted molar refractivity (Wildman–Crippen MR) is 99.5 cm³/mol. The van der Waals surface area contributed by atoms with E-state index < -0.39 is 20.6 Å². The van der Waals surface area contributed by atoms with Crippen LogP contribution in [0, 0.1) is 6.92 Å². The topological polar surface area (TPSA) is 69.4 Å². The van der Waals surface area contributed by atoms with E-state index in [9.17, 15) is 8.42 Å². The molecule has 0 amide bonds. The van der Waals surface area contributed by atoms with Gasteiger partial charge in [-0.05, 0) is 36.6 Å². The number of sulfone groups is 1. The molecule has 0 radical (unpaired) electrons. The van der Waals surface area contributed by atoms with Crippen LogP contribution in [-0.4, -0.2) is 32.9 Å². The van der Waals surface area contributed by atoms with Crippen LogP contribution >= 0.6 is 0 Å². The Hall–Kier alpha value is -1.69. The van der Waals surface area contributed by atoms with Gasteiger partial charge < -0.3 is 10.5 Å². The summed E-state index contributed by atoms with van der Waals surface area (Å²) in [6.07, 6.45) is 0.946. The molecule has 1 aliphatic rings. The number of methoxy groups -OCH3 is 1. The average Bonchev–Trinajstić information content (AvgIpc) is 3.22. The zero-order chi connectivity index (χ0) is 18.2. The Morgan fingerprint density at radius 3 is 2.20 bits per heavy atom. The molecule has 0 unspecified atom stereocenters. The van der Waals surface area contributed by atoms with Crippen LogP contribution < -0.4 is 5.73 Å². The van der Waals surface area contributed by atoms with Gasteiger partial charge >= 0.3 is 0 Å². The molecule has 134 valence electrons. The Bertz CT molecular complexity index is 844. The number of nitrogens with two attached hydrogens (primary N) is 1. The minimum Gasteiger partial charge on any atom is -0.383 e. The Morgan fingerprint density at radius 1 is 1.08 bits per heavy atom. The van der Waals surface area contributed by atoms with Gasteiger partial charge in [-0.15, -0.1) is 0 Å². The molecule has 2 N–H and O–H groups in total. The van der Waals surface area contributed by atoms with E-state index in [0.717, 1.165) is 17.5 Å². The summed E-state index contributed by atoms with van der Waals surface area (Å²) in [6.45, 7) is 4.24. The van der Waals surface area contributed by atoms with E-state index in [1.807, 2.05) is 43.3 Å². The average molecular weight is 359 g/mol. The van der Waals surface area contributed by atoms with Gasteiger partial charge in [0.2, 0.25) is 0 Å². The van der Waals surface area contributed by atoms with Crippen molar-refractivity contribution in [2.24, 2.45) is 5.73 Å². The maximum atomic E-state index is 13.2. The zero-order valence-electron chi connectivity index (χ0n) is 14.9. The number of rotatable bonds is 6. The summed E-state index contributed by atoms with van der Waals surface area (Å²) in [6, 6.07) is 15.0. The maximum Gasteiger partial charge on any atom is 0.183 e. The van der Waals surface area contributed by atoms with Crippen molar-refractivity contribution in [2.45, 2.75) is 41.9 Å². The lowest BCUT2D eigenvalue weighted by molar-refractivity contribution is 0.171. The molecule has 0 aliphatic heterocycles. The lowest BCUT2D eigenvalue weighted by Gasteiger charge is -2.11. The van der Waals surface area contributed by atoms with Crippen molar-refractivity contribution in [3.63, 3.8) is 0 Å². The first-order chi connectivity index (χ1) is 11.8. The third-order valence-corrected chi connectivity index (χ3v) is 7.44. The molecule has 3 rings (SSSR count). The third kappa shape index (κ3) is 3.12. The molecule has 0 spiro atoms. The molecule has 0 bridgehead atoms. The van der Waals surface area contributed by atoms with Crippen molar-refractivity contribution in [2.75, 3.05) is 13.7 Å². The Kier molecular flexibility index (Phi) is 4.75. The lowest BCUT2D eigenvalue weighted by Crippen LogP contribution is -2.35. The highest BCUT2D eigenvalue weighted by atomic mass is 32.2. The predicted octanol–water partition coefficient (Wildman–Crippen LogP) is 2.84. The van der Waals surface area contributed by atoms with Crippen molar-refractivity contribution < 1.29 is 13.2 Å². The molecule has 1 fully saturated rings. The van der Waals surface area contributed by atoms with E-state index in [2.05, 4.69) is 6.92 Å². The maximum absolute atomic E-state index is 13.2. The van der Waals surface area contributed by atoms with Crippen LogP contribution in [0.1, 0.15) is 29.5 Å². The molecule has 2 aromatic carbocycles. The molecular weight excluding hydrogens is 334 g/mol. The van der Waals surface area contributed by atoms with Gasteiger partial charge in [0.05, 0.1) is 22.3 Å². The Morgan fingerprint density at radius 2 is 1.68 bits per heavy atom. The normalized spacial score (nSPS) is 25.8. The Labute approximate surface area is 149 Å². The highest BCUT2D eigenvalue weighted by Gasteiger charge is 2.69. The van der Waals surface area contributed by atoms with Gasteiger partial charge in [0.25, 0.3) is 0 Å². The fourth-order valence-electron chi connectivity index (χ4n) is 3.63. The number of aryl methyl sites for hydroxylation is 2. The van der Waals surface area contributed by atoms with Gasteiger partial charge in [-0.2, -0.15) is 0 Å². The summed E-state index contributed by atoms with van der Waals surface area (Å²) in [4.78, 5) is 0.321. The second-order valence-electron chi connectivity index (χ2n) is 6.90. The quantitative estimate of drug-likeness (QED) is 0.861. The van der Waals surface area contributed by atoms with E-state index in [-0.39, 0.29) is 12.5 Å². The first-order valence-corrected chi connectivity index (χ1v) is 10.1. The van der Waals surface area contributed by atoms with E-state index in [1.165, 1.54) is 5.56 Å². The lowest BCUT2D eigenvalue weighted by atomic mass is 10.0. The van der Waals surface area contributed by atoms with Crippen LogP contribution in [0.4, 0.5) is 0 Å².